The molecule has 0 saturated carbocycles. The lowest BCUT2D eigenvalue weighted by molar-refractivity contribution is 0.627. The fourth-order valence-corrected chi connectivity index (χ4v) is 3.12. The van der Waals surface area contributed by atoms with Crippen LogP contribution in [0.1, 0.15) is 5.56 Å². The van der Waals surface area contributed by atoms with Crippen LogP contribution in [0.4, 0.5) is 15.9 Å². The molecule has 2 aromatic carbocycles. The number of nitrogens with zero attached hydrogens (tertiary/aromatic N) is 3. The summed E-state index contributed by atoms with van der Waals surface area (Å²) in [5, 5.41) is 11.9. The van der Waals surface area contributed by atoms with Crippen molar-refractivity contribution >= 4 is 34.9 Å². The Hall–Kier alpha value is -2.38. The minimum Gasteiger partial charge on any atom is -0.333 e. The number of para-hydroxylation sites is 1. The van der Waals surface area contributed by atoms with Gasteiger partial charge in [-0.05, 0) is 29.8 Å². The molecule has 0 aliphatic carbocycles. The van der Waals surface area contributed by atoms with Gasteiger partial charge in [-0.25, -0.2) is 4.39 Å². The number of hydrogen-bond donors (Lipinski definition) is 1. The highest BCUT2D eigenvalue weighted by molar-refractivity contribution is 7.98. The van der Waals surface area contributed by atoms with Gasteiger partial charge in [0, 0.05) is 12.8 Å². The van der Waals surface area contributed by atoms with Gasteiger partial charge in [0.15, 0.2) is 5.16 Å². The standard InChI is InChI=1S/C17H14ClFN4OS/c1-23-16(24)15(20-14-5-3-2-4-13(14)18)21-22-17(23)25-10-11-6-8-12(19)9-7-11/h2-9H,10H2,1H3,(H,20,21). The molecule has 0 amide bonds. The Kier molecular flexibility index (Phi) is 5.35. The molecule has 128 valence electrons. The first-order chi connectivity index (χ1) is 12.0. The summed E-state index contributed by atoms with van der Waals surface area (Å²) in [5.41, 5.74) is 1.21. The molecule has 0 bridgehead atoms. The summed E-state index contributed by atoms with van der Waals surface area (Å²) < 4.78 is 14.3. The summed E-state index contributed by atoms with van der Waals surface area (Å²) in [5.74, 6) is 0.372. The largest absolute Gasteiger partial charge is 0.333 e. The van der Waals surface area contributed by atoms with Crippen molar-refractivity contribution in [3.8, 4) is 0 Å². The highest BCUT2D eigenvalue weighted by atomic mass is 35.5. The summed E-state index contributed by atoms with van der Waals surface area (Å²) in [6, 6.07) is 13.3. The van der Waals surface area contributed by atoms with Gasteiger partial charge in [-0.15, -0.1) is 10.2 Å². The second-order valence-corrected chi connectivity index (χ2v) is 6.57. The van der Waals surface area contributed by atoms with Crippen molar-refractivity contribution in [2.24, 2.45) is 7.05 Å². The monoisotopic (exact) mass is 376 g/mol. The van der Waals surface area contributed by atoms with E-state index in [-0.39, 0.29) is 17.2 Å². The molecule has 0 saturated heterocycles. The molecule has 0 unspecified atom stereocenters. The number of nitrogens with one attached hydrogen (secondary N) is 1. The highest BCUT2D eigenvalue weighted by Gasteiger charge is 2.11. The predicted molar refractivity (Wildman–Crippen MR) is 98.0 cm³/mol. The summed E-state index contributed by atoms with van der Waals surface area (Å²) >= 11 is 7.43. The zero-order valence-electron chi connectivity index (χ0n) is 13.2. The van der Waals surface area contributed by atoms with Crippen LogP contribution in [0.25, 0.3) is 0 Å². The van der Waals surface area contributed by atoms with Crippen LogP contribution >= 0.6 is 23.4 Å². The van der Waals surface area contributed by atoms with Crippen LogP contribution in [-0.2, 0) is 12.8 Å². The molecule has 5 nitrogen and oxygen atoms in total. The number of benzene rings is 2. The van der Waals surface area contributed by atoms with Gasteiger partial charge in [-0.2, -0.15) is 0 Å². The van der Waals surface area contributed by atoms with Gasteiger partial charge >= 0.3 is 0 Å². The lowest BCUT2D eigenvalue weighted by atomic mass is 10.2. The molecule has 0 aliphatic rings. The molecule has 0 spiro atoms. The molecule has 1 aromatic heterocycles. The summed E-state index contributed by atoms with van der Waals surface area (Å²) in [4.78, 5) is 12.5. The van der Waals surface area contributed by atoms with Crippen molar-refractivity contribution in [2.75, 3.05) is 5.32 Å². The van der Waals surface area contributed by atoms with Crippen LogP contribution < -0.4 is 10.9 Å². The Morgan fingerprint density at radius 3 is 2.60 bits per heavy atom. The van der Waals surface area contributed by atoms with Gasteiger partial charge in [0.05, 0.1) is 10.7 Å². The van der Waals surface area contributed by atoms with Crippen LogP contribution in [0.5, 0.6) is 0 Å². The van der Waals surface area contributed by atoms with Crippen molar-refractivity contribution in [3.63, 3.8) is 0 Å². The molecule has 0 aliphatic heterocycles. The summed E-state index contributed by atoms with van der Waals surface area (Å²) in [6.45, 7) is 0. The third-order valence-electron chi connectivity index (χ3n) is 3.44. The predicted octanol–water partition coefficient (Wildman–Crippen LogP) is 4.00. The van der Waals surface area contributed by atoms with Gasteiger partial charge in [-0.1, -0.05) is 47.6 Å². The number of aromatic nitrogens is 3. The zero-order chi connectivity index (χ0) is 17.8. The second-order valence-electron chi connectivity index (χ2n) is 5.22. The first kappa shape index (κ1) is 17.4. The van der Waals surface area contributed by atoms with Gasteiger partial charge in [0.2, 0.25) is 5.82 Å². The minimum absolute atomic E-state index is 0.0988. The molecular formula is C17H14ClFN4OS. The van der Waals surface area contributed by atoms with Gasteiger partial charge < -0.3 is 5.32 Å². The van der Waals surface area contributed by atoms with Crippen molar-refractivity contribution in [1.29, 1.82) is 0 Å². The van der Waals surface area contributed by atoms with Crippen molar-refractivity contribution < 1.29 is 4.39 Å². The van der Waals surface area contributed by atoms with Crippen LogP contribution in [0.2, 0.25) is 5.02 Å². The molecular weight excluding hydrogens is 363 g/mol. The quantitative estimate of drug-likeness (QED) is 0.682. The zero-order valence-corrected chi connectivity index (χ0v) is 14.8. The SMILES string of the molecule is Cn1c(SCc2ccc(F)cc2)nnc(Nc2ccccc2Cl)c1=O. The Morgan fingerprint density at radius 1 is 1.16 bits per heavy atom. The van der Waals surface area contributed by atoms with E-state index in [0.29, 0.717) is 21.6 Å². The van der Waals surface area contributed by atoms with E-state index in [4.69, 9.17) is 11.6 Å². The van der Waals surface area contributed by atoms with E-state index >= 15 is 0 Å². The van der Waals surface area contributed by atoms with Crippen LogP contribution in [0.3, 0.4) is 0 Å². The normalized spacial score (nSPS) is 10.7. The van der Waals surface area contributed by atoms with E-state index in [9.17, 15) is 9.18 Å². The third kappa shape index (κ3) is 4.18. The molecule has 8 heteroatoms. The van der Waals surface area contributed by atoms with E-state index in [1.807, 2.05) is 0 Å². The van der Waals surface area contributed by atoms with Crippen molar-refractivity contribution in [1.82, 2.24) is 14.8 Å². The number of hydrogen-bond acceptors (Lipinski definition) is 5. The van der Waals surface area contributed by atoms with E-state index in [1.165, 1.54) is 28.5 Å². The Labute approximate surface area is 152 Å². The minimum atomic E-state index is -0.309. The van der Waals surface area contributed by atoms with E-state index in [0.717, 1.165) is 5.56 Å². The molecule has 0 fully saturated rings. The maximum absolute atomic E-state index is 12.9. The van der Waals surface area contributed by atoms with Gasteiger partial charge in [0.1, 0.15) is 5.82 Å². The Balaban J connectivity index is 1.77. The fraction of sp³-hybridized carbons (Fsp3) is 0.118. The maximum Gasteiger partial charge on any atom is 0.297 e. The highest BCUT2D eigenvalue weighted by Crippen LogP contribution is 2.23. The summed E-state index contributed by atoms with van der Waals surface area (Å²) in [7, 11) is 1.63. The molecule has 0 atom stereocenters. The summed E-state index contributed by atoms with van der Waals surface area (Å²) in [6.07, 6.45) is 0. The Bertz CT molecular complexity index is 946. The van der Waals surface area contributed by atoms with E-state index in [1.54, 1.807) is 43.4 Å². The number of rotatable bonds is 5. The van der Waals surface area contributed by atoms with E-state index < -0.39 is 0 Å². The fourth-order valence-electron chi connectivity index (χ4n) is 2.07. The number of anilines is 2. The first-order valence-electron chi connectivity index (χ1n) is 7.37. The van der Waals surface area contributed by atoms with Crippen LogP contribution in [-0.4, -0.2) is 14.8 Å². The number of halogens is 2. The molecule has 0 radical (unpaired) electrons. The lowest BCUT2D eigenvalue weighted by Gasteiger charge is -2.10. The maximum atomic E-state index is 12.9. The smallest absolute Gasteiger partial charge is 0.297 e. The molecule has 3 aromatic rings. The van der Waals surface area contributed by atoms with Crippen molar-refractivity contribution in [3.05, 3.63) is 75.3 Å². The van der Waals surface area contributed by atoms with E-state index in [2.05, 4.69) is 15.5 Å². The first-order valence-corrected chi connectivity index (χ1v) is 8.73. The van der Waals surface area contributed by atoms with Crippen LogP contribution in [0.15, 0.2) is 58.5 Å². The third-order valence-corrected chi connectivity index (χ3v) is 4.86. The molecule has 25 heavy (non-hydrogen) atoms. The number of thioether (sulfide) groups is 1. The second kappa shape index (κ2) is 7.67. The molecule has 1 N–H and O–H groups in total. The van der Waals surface area contributed by atoms with Crippen LogP contribution in [0, 0.1) is 5.82 Å². The topological polar surface area (TPSA) is 59.8 Å². The average molecular weight is 377 g/mol. The lowest BCUT2D eigenvalue weighted by Crippen LogP contribution is -2.24. The molecule has 3 rings (SSSR count). The average Bonchev–Trinajstić information content (AvgIpc) is 2.61. The van der Waals surface area contributed by atoms with Gasteiger partial charge in [0.25, 0.3) is 5.56 Å². The van der Waals surface area contributed by atoms with Crippen molar-refractivity contribution in [2.45, 2.75) is 10.9 Å². The van der Waals surface area contributed by atoms with Gasteiger partial charge in [-0.3, -0.25) is 9.36 Å². The Morgan fingerprint density at radius 2 is 1.88 bits per heavy atom. The molecule has 1 heterocycles.